The van der Waals surface area contributed by atoms with Crippen LogP contribution >= 0.6 is 0 Å². The van der Waals surface area contributed by atoms with Crippen LogP contribution in [0.2, 0.25) is 0 Å². The smallest absolute Gasteiger partial charge is 0.105 e. The first-order valence-electron chi connectivity index (χ1n) is 4.17. The van der Waals surface area contributed by atoms with Crippen molar-refractivity contribution in [2.75, 3.05) is 0 Å². The largest absolute Gasteiger partial charge is 0.197 e. The Balaban J connectivity index is 2.85. The fourth-order valence-corrected chi connectivity index (χ4v) is 1.40. The van der Waals surface area contributed by atoms with Crippen molar-refractivity contribution in [3.05, 3.63) is 30.2 Å². The summed E-state index contributed by atoms with van der Waals surface area (Å²) in [7, 11) is 0. The van der Waals surface area contributed by atoms with Crippen LogP contribution in [0.1, 0.15) is 20.8 Å². The molecule has 63 valence electrons. The second-order valence-corrected chi connectivity index (χ2v) is 4.15. The van der Waals surface area contributed by atoms with Crippen LogP contribution in [0.25, 0.3) is 0 Å². The van der Waals surface area contributed by atoms with E-state index in [-0.39, 0.29) is 11.3 Å². The van der Waals surface area contributed by atoms with Crippen LogP contribution in [0.3, 0.4) is 0 Å². The zero-order chi connectivity index (χ0) is 9.19. The third-order valence-electron chi connectivity index (χ3n) is 2.09. The first kappa shape index (κ1) is 9.06. The SMILES string of the molecule is CC(C)(C)C1C=CC=C[C]1C#N. The second kappa shape index (κ2) is 3.15. The topological polar surface area (TPSA) is 23.8 Å². The Kier molecular flexibility index (Phi) is 2.38. The van der Waals surface area contributed by atoms with E-state index in [1.807, 2.05) is 18.2 Å². The maximum Gasteiger partial charge on any atom is 0.105 e. The summed E-state index contributed by atoms with van der Waals surface area (Å²) in [6.45, 7) is 6.45. The van der Waals surface area contributed by atoms with E-state index in [2.05, 4.69) is 32.9 Å². The summed E-state index contributed by atoms with van der Waals surface area (Å²) in [5, 5.41) is 8.85. The zero-order valence-corrected chi connectivity index (χ0v) is 7.83. The Labute approximate surface area is 74.4 Å². The second-order valence-electron chi connectivity index (χ2n) is 4.15. The summed E-state index contributed by atoms with van der Waals surface area (Å²) < 4.78 is 0. The Hall–Kier alpha value is -1.03. The van der Waals surface area contributed by atoms with Gasteiger partial charge in [0.15, 0.2) is 0 Å². The first-order chi connectivity index (χ1) is 5.55. The van der Waals surface area contributed by atoms with Gasteiger partial charge in [-0.1, -0.05) is 45.1 Å². The molecule has 1 nitrogen and oxygen atoms in total. The van der Waals surface area contributed by atoms with E-state index in [1.54, 1.807) is 0 Å². The van der Waals surface area contributed by atoms with E-state index in [4.69, 9.17) is 5.26 Å². The quantitative estimate of drug-likeness (QED) is 0.534. The van der Waals surface area contributed by atoms with Gasteiger partial charge in [0.2, 0.25) is 0 Å². The molecule has 0 saturated heterocycles. The van der Waals surface area contributed by atoms with E-state index < -0.39 is 0 Å². The van der Waals surface area contributed by atoms with Crippen molar-refractivity contribution in [3.63, 3.8) is 0 Å². The summed E-state index contributed by atoms with van der Waals surface area (Å²) in [5.41, 5.74) is 0.145. The van der Waals surface area contributed by atoms with Gasteiger partial charge in [0.25, 0.3) is 0 Å². The van der Waals surface area contributed by atoms with Crippen molar-refractivity contribution < 1.29 is 0 Å². The van der Waals surface area contributed by atoms with Gasteiger partial charge in [-0.05, 0) is 5.41 Å². The summed E-state index contributed by atoms with van der Waals surface area (Å²) in [6, 6.07) is 2.24. The van der Waals surface area contributed by atoms with Crippen molar-refractivity contribution in [2.45, 2.75) is 20.8 Å². The molecule has 1 radical (unpaired) electrons. The molecule has 12 heavy (non-hydrogen) atoms. The molecule has 0 bridgehead atoms. The number of rotatable bonds is 0. The summed E-state index contributed by atoms with van der Waals surface area (Å²) in [6.07, 6.45) is 7.92. The van der Waals surface area contributed by atoms with Gasteiger partial charge in [-0.3, -0.25) is 0 Å². The minimum Gasteiger partial charge on any atom is -0.197 e. The molecule has 1 aliphatic rings. The van der Waals surface area contributed by atoms with Gasteiger partial charge < -0.3 is 0 Å². The van der Waals surface area contributed by atoms with Gasteiger partial charge in [0, 0.05) is 5.92 Å². The first-order valence-corrected chi connectivity index (χ1v) is 4.17. The van der Waals surface area contributed by atoms with Crippen LogP contribution < -0.4 is 0 Å². The van der Waals surface area contributed by atoms with Crippen molar-refractivity contribution in [1.82, 2.24) is 0 Å². The summed E-state index contributed by atoms with van der Waals surface area (Å²) in [5.74, 6) is 1.14. The molecule has 0 N–H and O–H groups in total. The summed E-state index contributed by atoms with van der Waals surface area (Å²) >= 11 is 0. The molecular formula is C11H14N. The molecule has 0 fully saturated rings. The minimum atomic E-state index is 0.145. The number of hydrogen-bond acceptors (Lipinski definition) is 1. The molecular weight excluding hydrogens is 146 g/mol. The average molecular weight is 160 g/mol. The normalized spacial score (nSPS) is 24.0. The summed E-state index contributed by atoms with van der Waals surface area (Å²) in [4.78, 5) is 0. The highest BCUT2D eigenvalue weighted by atomic mass is 14.4. The van der Waals surface area contributed by atoms with Crippen molar-refractivity contribution in [1.29, 1.82) is 5.26 Å². The molecule has 1 rings (SSSR count). The van der Waals surface area contributed by atoms with Crippen molar-refractivity contribution in [2.24, 2.45) is 11.3 Å². The van der Waals surface area contributed by atoms with Gasteiger partial charge in [0.1, 0.15) is 5.92 Å². The molecule has 0 amide bonds. The molecule has 0 aromatic heterocycles. The number of nitrogens with zero attached hydrogens (tertiary/aromatic N) is 1. The molecule has 1 unspecified atom stereocenters. The van der Waals surface area contributed by atoms with Gasteiger partial charge in [-0.2, -0.15) is 5.26 Å². The highest BCUT2D eigenvalue weighted by Crippen LogP contribution is 2.36. The van der Waals surface area contributed by atoms with Crippen LogP contribution in [0.4, 0.5) is 0 Å². The van der Waals surface area contributed by atoms with Gasteiger partial charge >= 0.3 is 0 Å². The van der Waals surface area contributed by atoms with Crippen LogP contribution in [-0.2, 0) is 0 Å². The average Bonchev–Trinajstić information content (AvgIpc) is 2.03. The van der Waals surface area contributed by atoms with Crippen LogP contribution in [0.15, 0.2) is 24.3 Å². The van der Waals surface area contributed by atoms with Crippen LogP contribution in [0, 0.1) is 28.6 Å². The Morgan fingerprint density at radius 2 is 2.00 bits per heavy atom. The van der Waals surface area contributed by atoms with E-state index >= 15 is 0 Å². The zero-order valence-electron chi connectivity index (χ0n) is 7.83. The molecule has 1 atom stereocenters. The molecule has 0 spiro atoms. The lowest BCUT2D eigenvalue weighted by atomic mass is 9.72. The third-order valence-corrected chi connectivity index (χ3v) is 2.09. The Bertz CT molecular complexity index is 247. The van der Waals surface area contributed by atoms with Gasteiger partial charge in [-0.25, -0.2) is 0 Å². The molecule has 0 aromatic carbocycles. The van der Waals surface area contributed by atoms with Crippen LogP contribution in [0.5, 0.6) is 0 Å². The number of hydrogen-bond donors (Lipinski definition) is 0. The highest BCUT2D eigenvalue weighted by molar-refractivity contribution is 5.37. The van der Waals surface area contributed by atoms with Crippen molar-refractivity contribution >= 4 is 0 Å². The number of nitriles is 1. The lowest BCUT2D eigenvalue weighted by Crippen LogP contribution is -2.24. The lowest BCUT2D eigenvalue weighted by molar-refractivity contribution is 0.318. The fraction of sp³-hybridized carbons (Fsp3) is 0.455. The molecule has 0 heterocycles. The van der Waals surface area contributed by atoms with E-state index in [0.717, 1.165) is 5.92 Å². The van der Waals surface area contributed by atoms with Gasteiger partial charge in [0.05, 0.1) is 6.07 Å². The maximum atomic E-state index is 8.85. The predicted molar refractivity (Wildman–Crippen MR) is 50.1 cm³/mol. The minimum absolute atomic E-state index is 0.145. The Morgan fingerprint density at radius 1 is 1.33 bits per heavy atom. The maximum absolute atomic E-state index is 8.85. The monoisotopic (exact) mass is 160 g/mol. The molecule has 0 aromatic rings. The molecule has 0 saturated carbocycles. The Morgan fingerprint density at radius 3 is 2.42 bits per heavy atom. The molecule has 1 heteroatoms. The molecule has 0 aliphatic heterocycles. The van der Waals surface area contributed by atoms with Crippen molar-refractivity contribution in [3.8, 4) is 6.07 Å². The van der Waals surface area contributed by atoms with Gasteiger partial charge in [-0.15, -0.1) is 0 Å². The fourth-order valence-electron chi connectivity index (χ4n) is 1.40. The van der Waals surface area contributed by atoms with E-state index in [1.165, 1.54) is 0 Å². The lowest BCUT2D eigenvalue weighted by Gasteiger charge is -2.30. The predicted octanol–water partition coefficient (Wildman–Crippen LogP) is 2.87. The highest BCUT2D eigenvalue weighted by Gasteiger charge is 2.30. The van der Waals surface area contributed by atoms with E-state index in [0.29, 0.717) is 0 Å². The third kappa shape index (κ3) is 1.76. The van der Waals surface area contributed by atoms with E-state index in [9.17, 15) is 0 Å². The number of allylic oxidation sites excluding steroid dienone is 4. The molecule has 1 aliphatic carbocycles. The van der Waals surface area contributed by atoms with Crippen LogP contribution in [-0.4, -0.2) is 0 Å². The standard InChI is InChI=1S/C11H14N/c1-11(2,3)10-7-5-4-6-9(10)8-12/h4-7,10H,1-3H3.